The van der Waals surface area contributed by atoms with Gasteiger partial charge in [-0.2, -0.15) is 0 Å². The smallest absolute Gasteiger partial charge is 0.213 e. The van der Waals surface area contributed by atoms with Gasteiger partial charge in [0.05, 0.1) is 0 Å². The Bertz CT molecular complexity index is 166. The minimum Gasteiger partial charge on any atom is -0.467 e. The molecule has 0 aliphatic carbocycles. The Morgan fingerprint density at radius 3 is 3.00 bits per heavy atom. The van der Waals surface area contributed by atoms with Crippen molar-refractivity contribution in [3.05, 3.63) is 24.4 Å². The largest absolute Gasteiger partial charge is 0.467 e. The number of nitrogens with zero attached hydrogens (tertiary/aromatic N) is 1. The normalized spacial score (nSPS) is 9.00. The maximum absolute atomic E-state index is 4.96. The molecule has 0 aromatic carbocycles. The molecule has 0 N–H and O–H groups in total. The van der Waals surface area contributed by atoms with Gasteiger partial charge in [0, 0.05) is 12.3 Å². The van der Waals surface area contributed by atoms with E-state index in [1.165, 1.54) is 0 Å². The average Bonchev–Trinajstić information content (AvgIpc) is 1.91. The Labute approximate surface area is 59.3 Å². The van der Waals surface area contributed by atoms with E-state index < -0.39 is 0 Å². The Morgan fingerprint density at radius 1 is 1.56 bits per heavy atom. The first kappa shape index (κ1) is 6.42. The van der Waals surface area contributed by atoms with Gasteiger partial charge in [-0.15, -0.1) is 12.6 Å². The van der Waals surface area contributed by atoms with E-state index in [4.69, 9.17) is 4.74 Å². The number of hydrogen-bond donors (Lipinski definition) is 1. The van der Waals surface area contributed by atoms with Crippen LogP contribution in [0.1, 0.15) is 0 Å². The maximum Gasteiger partial charge on any atom is 0.213 e. The number of hydrogen-bond acceptors (Lipinski definition) is 3. The van der Waals surface area contributed by atoms with Crippen molar-refractivity contribution in [2.24, 2.45) is 0 Å². The van der Waals surface area contributed by atoms with Gasteiger partial charge in [-0.25, -0.2) is 4.98 Å². The highest BCUT2D eigenvalue weighted by atomic mass is 32.1. The second-order valence-corrected chi connectivity index (χ2v) is 1.70. The molecule has 9 heavy (non-hydrogen) atoms. The van der Waals surface area contributed by atoms with Crippen molar-refractivity contribution in [3.8, 4) is 5.88 Å². The van der Waals surface area contributed by atoms with Gasteiger partial charge in [0.15, 0.2) is 0 Å². The predicted molar refractivity (Wildman–Crippen MR) is 38.7 cm³/mol. The van der Waals surface area contributed by atoms with Gasteiger partial charge < -0.3 is 4.74 Å². The van der Waals surface area contributed by atoms with Crippen molar-refractivity contribution < 1.29 is 4.74 Å². The van der Waals surface area contributed by atoms with Gasteiger partial charge in [0.2, 0.25) is 5.88 Å². The summed E-state index contributed by atoms with van der Waals surface area (Å²) in [7, 11) is 0. The molecule has 0 fully saturated rings. The second kappa shape index (κ2) is 3.35. The highest BCUT2D eigenvalue weighted by Crippen LogP contribution is 2.02. The average molecular weight is 141 g/mol. The molecule has 0 radical (unpaired) electrons. The summed E-state index contributed by atoms with van der Waals surface area (Å²) in [6.07, 6.45) is 1.68. The Balaban J connectivity index is 2.61. The molecule has 1 aromatic heterocycles. The molecule has 1 heterocycles. The molecule has 1 rings (SSSR count). The number of ether oxygens (including phenoxy) is 1. The summed E-state index contributed by atoms with van der Waals surface area (Å²) in [4.78, 5) is 3.90. The van der Waals surface area contributed by atoms with Crippen LogP contribution in [0.2, 0.25) is 0 Å². The zero-order valence-corrected chi connectivity index (χ0v) is 5.71. The summed E-state index contributed by atoms with van der Waals surface area (Å²) in [5, 5.41) is 0. The van der Waals surface area contributed by atoms with E-state index in [0.717, 1.165) is 0 Å². The molecule has 0 aliphatic heterocycles. The van der Waals surface area contributed by atoms with Crippen molar-refractivity contribution in [1.82, 2.24) is 4.98 Å². The van der Waals surface area contributed by atoms with Crippen molar-refractivity contribution in [2.45, 2.75) is 0 Å². The molecule has 0 spiro atoms. The molecule has 0 atom stereocenters. The molecular formula is C6H7NOS. The third-order valence-electron chi connectivity index (χ3n) is 0.850. The second-order valence-electron chi connectivity index (χ2n) is 1.44. The molecule has 0 amide bonds. The van der Waals surface area contributed by atoms with Crippen LogP contribution in [0, 0.1) is 0 Å². The summed E-state index contributed by atoms with van der Waals surface area (Å²) in [5.41, 5.74) is 0. The molecule has 48 valence electrons. The van der Waals surface area contributed by atoms with Crippen LogP contribution in [-0.2, 0) is 0 Å². The zero-order chi connectivity index (χ0) is 6.53. The third kappa shape index (κ3) is 1.93. The predicted octanol–water partition coefficient (Wildman–Crippen LogP) is 1.35. The first-order valence-corrected chi connectivity index (χ1v) is 3.21. The lowest BCUT2D eigenvalue weighted by atomic mass is 10.5. The highest BCUT2D eigenvalue weighted by molar-refractivity contribution is 7.80. The summed E-state index contributed by atoms with van der Waals surface area (Å²) >= 11 is 3.87. The first-order chi connectivity index (χ1) is 4.43. The summed E-state index contributed by atoms with van der Waals surface area (Å²) < 4.78 is 4.96. The van der Waals surface area contributed by atoms with E-state index in [-0.39, 0.29) is 0 Å². The van der Waals surface area contributed by atoms with Crippen molar-refractivity contribution in [2.75, 3.05) is 5.94 Å². The monoisotopic (exact) mass is 141 g/mol. The number of pyridine rings is 1. The van der Waals surface area contributed by atoms with Gasteiger partial charge in [0.25, 0.3) is 0 Å². The van der Waals surface area contributed by atoms with E-state index in [0.29, 0.717) is 11.8 Å². The van der Waals surface area contributed by atoms with Crippen molar-refractivity contribution >= 4 is 12.6 Å². The fourth-order valence-electron chi connectivity index (χ4n) is 0.499. The van der Waals surface area contributed by atoms with E-state index in [9.17, 15) is 0 Å². The van der Waals surface area contributed by atoms with Crippen LogP contribution >= 0.6 is 12.6 Å². The van der Waals surface area contributed by atoms with Gasteiger partial charge in [-0.05, 0) is 6.07 Å². The van der Waals surface area contributed by atoms with Crippen molar-refractivity contribution in [1.29, 1.82) is 0 Å². The zero-order valence-electron chi connectivity index (χ0n) is 4.82. The SMILES string of the molecule is SCOc1ccccn1. The topological polar surface area (TPSA) is 22.1 Å². The lowest BCUT2D eigenvalue weighted by Gasteiger charge is -1.97. The van der Waals surface area contributed by atoms with Crippen LogP contribution in [0.4, 0.5) is 0 Å². The van der Waals surface area contributed by atoms with Gasteiger partial charge in [0.1, 0.15) is 5.94 Å². The molecule has 0 bridgehead atoms. The third-order valence-corrected chi connectivity index (χ3v) is 0.979. The minimum absolute atomic E-state index is 0.372. The molecule has 0 unspecified atom stereocenters. The van der Waals surface area contributed by atoms with Crippen LogP contribution < -0.4 is 4.74 Å². The molecular weight excluding hydrogens is 134 g/mol. The van der Waals surface area contributed by atoms with Gasteiger partial charge >= 0.3 is 0 Å². The minimum atomic E-state index is 0.372. The van der Waals surface area contributed by atoms with Gasteiger partial charge in [-0.1, -0.05) is 6.07 Å². The molecule has 3 heteroatoms. The number of aromatic nitrogens is 1. The number of thiol groups is 1. The lowest BCUT2D eigenvalue weighted by molar-refractivity contribution is 0.379. The maximum atomic E-state index is 4.96. The highest BCUT2D eigenvalue weighted by Gasteiger charge is 1.85. The van der Waals surface area contributed by atoms with E-state index >= 15 is 0 Å². The lowest BCUT2D eigenvalue weighted by Crippen LogP contribution is -1.90. The van der Waals surface area contributed by atoms with Crippen LogP contribution in [0.25, 0.3) is 0 Å². The Morgan fingerprint density at radius 2 is 2.44 bits per heavy atom. The summed E-state index contributed by atoms with van der Waals surface area (Å²) in [5.74, 6) is 0.990. The van der Waals surface area contributed by atoms with Crippen LogP contribution in [-0.4, -0.2) is 10.9 Å². The van der Waals surface area contributed by atoms with Crippen LogP contribution in [0.3, 0.4) is 0 Å². The van der Waals surface area contributed by atoms with Crippen LogP contribution in [0.15, 0.2) is 24.4 Å². The molecule has 0 aliphatic rings. The Hall–Kier alpha value is -0.700. The molecule has 0 saturated heterocycles. The first-order valence-electron chi connectivity index (χ1n) is 2.58. The Kier molecular flexibility index (Phi) is 2.39. The van der Waals surface area contributed by atoms with Gasteiger partial charge in [-0.3, -0.25) is 0 Å². The number of rotatable bonds is 2. The standard InChI is InChI=1S/C6H7NOS/c9-5-8-6-3-1-2-4-7-6/h1-4,9H,5H2. The molecule has 2 nitrogen and oxygen atoms in total. The van der Waals surface area contributed by atoms with Crippen molar-refractivity contribution in [3.63, 3.8) is 0 Å². The fraction of sp³-hybridized carbons (Fsp3) is 0.167. The quantitative estimate of drug-likeness (QED) is 0.496. The van der Waals surface area contributed by atoms with Crippen LogP contribution in [0.5, 0.6) is 5.88 Å². The summed E-state index contributed by atoms with van der Waals surface area (Å²) in [6, 6.07) is 5.49. The summed E-state index contributed by atoms with van der Waals surface area (Å²) in [6.45, 7) is 0. The van der Waals surface area contributed by atoms with E-state index in [1.807, 2.05) is 12.1 Å². The van der Waals surface area contributed by atoms with E-state index in [1.54, 1.807) is 12.3 Å². The molecule has 0 saturated carbocycles. The molecule has 1 aromatic rings. The fourth-order valence-corrected chi connectivity index (χ4v) is 0.631. The van der Waals surface area contributed by atoms with E-state index in [2.05, 4.69) is 17.6 Å².